The van der Waals surface area contributed by atoms with E-state index in [-0.39, 0.29) is 18.4 Å². The third-order valence-corrected chi connectivity index (χ3v) is 2.93. The molecule has 20 heavy (non-hydrogen) atoms. The minimum Gasteiger partial charge on any atom is -0.493 e. The van der Waals surface area contributed by atoms with Crippen LogP contribution in [0.25, 0.3) is 0 Å². The summed E-state index contributed by atoms with van der Waals surface area (Å²) in [4.78, 5) is 0. The van der Waals surface area contributed by atoms with Gasteiger partial charge in [-0.1, -0.05) is 6.92 Å². The van der Waals surface area contributed by atoms with Gasteiger partial charge in [-0.05, 0) is 38.3 Å². The number of halogens is 1. The summed E-state index contributed by atoms with van der Waals surface area (Å²) in [6, 6.07) is 2.05. The Morgan fingerprint density at radius 3 is 2.30 bits per heavy atom. The molecule has 0 aromatic heterocycles. The minimum atomic E-state index is 0. The highest BCUT2D eigenvalue weighted by molar-refractivity contribution is 5.85. The molecule has 1 rings (SSSR count). The lowest BCUT2D eigenvalue weighted by atomic mass is 10.00. The fourth-order valence-corrected chi connectivity index (χ4v) is 2.06. The van der Waals surface area contributed by atoms with E-state index >= 15 is 0 Å². The van der Waals surface area contributed by atoms with Crippen molar-refractivity contribution in [2.24, 2.45) is 5.73 Å². The maximum Gasteiger partial charge on any atom is 0.203 e. The van der Waals surface area contributed by atoms with Gasteiger partial charge in [0.2, 0.25) is 5.75 Å². The number of hydrogen-bond acceptors (Lipinski definition) is 4. The molecule has 0 bridgehead atoms. The number of benzene rings is 1. The number of aryl methyl sites for hydroxylation is 1. The standard InChI is InChI=1S/C15H25NO3.ClH/c1-6-7-19-15-13(17-4)8-10(2)12(9-11(3)16)14(15)18-5;/h8,11H,6-7,9,16H2,1-5H3;1H. The summed E-state index contributed by atoms with van der Waals surface area (Å²) in [5, 5.41) is 0. The first kappa shape index (κ1) is 18.9. The van der Waals surface area contributed by atoms with E-state index < -0.39 is 0 Å². The van der Waals surface area contributed by atoms with Gasteiger partial charge >= 0.3 is 0 Å². The second kappa shape index (κ2) is 8.93. The highest BCUT2D eigenvalue weighted by Gasteiger charge is 2.19. The van der Waals surface area contributed by atoms with Crippen molar-refractivity contribution in [3.8, 4) is 17.2 Å². The van der Waals surface area contributed by atoms with Crippen molar-refractivity contribution < 1.29 is 14.2 Å². The van der Waals surface area contributed by atoms with Crippen LogP contribution >= 0.6 is 12.4 Å². The summed E-state index contributed by atoms with van der Waals surface area (Å²) >= 11 is 0. The van der Waals surface area contributed by atoms with E-state index in [2.05, 4.69) is 6.92 Å². The van der Waals surface area contributed by atoms with Gasteiger partial charge < -0.3 is 19.9 Å². The highest BCUT2D eigenvalue weighted by Crippen LogP contribution is 2.42. The van der Waals surface area contributed by atoms with Crippen LogP contribution < -0.4 is 19.9 Å². The van der Waals surface area contributed by atoms with Gasteiger partial charge in [-0.25, -0.2) is 0 Å². The largest absolute Gasteiger partial charge is 0.493 e. The van der Waals surface area contributed by atoms with E-state index in [4.69, 9.17) is 19.9 Å². The number of hydrogen-bond donors (Lipinski definition) is 1. The lowest BCUT2D eigenvalue weighted by Crippen LogP contribution is -2.19. The molecule has 0 radical (unpaired) electrons. The lowest BCUT2D eigenvalue weighted by Gasteiger charge is -2.20. The Bertz CT molecular complexity index is 422. The molecule has 0 aliphatic carbocycles. The molecular formula is C15H26ClNO3. The number of rotatable bonds is 7. The number of nitrogens with two attached hydrogens (primary N) is 1. The Hall–Kier alpha value is -1.13. The van der Waals surface area contributed by atoms with Gasteiger partial charge in [0.1, 0.15) is 0 Å². The molecular weight excluding hydrogens is 278 g/mol. The zero-order valence-electron chi connectivity index (χ0n) is 13.0. The predicted octanol–water partition coefficient (Wildman–Crippen LogP) is 3.11. The first-order valence-electron chi connectivity index (χ1n) is 6.67. The molecule has 1 aromatic rings. The van der Waals surface area contributed by atoms with Gasteiger partial charge in [-0.3, -0.25) is 0 Å². The molecule has 0 aliphatic rings. The molecule has 116 valence electrons. The van der Waals surface area contributed by atoms with Crippen LogP contribution in [0.4, 0.5) is 0 Å². The van der Waals surface area contributed by atoms with E-state index in [0.29, 0.717) is 18.1 Å². The second-order valence-electron chi connectivity index (χ2n) is 4.77. The molecule has 0 fully saturated rings. The molecule has 0 saturated heterocycles. The summed E-state index contributed by atoms with van der Waals surface area (Å²) in [6.45, 7) is 6.71. The maximum atomic E-state index is 5.91. The number of ether oxygens (including phenoxy) is 3. The molecule has 1 aromatic carbocycles. The Balaban J connectivity index is 0.00000361. The van der Waals surface area contributed by atoms with Crippen molar-refractivity contribution >= 4 is 12.4 Å². The molecule has 4 nitrogen and oxygen atoms in total. The zero-order chi connectivity index (χ0) is 14.4. The zero-order valence-corrected chi connectivity index (χ0v) is 13.8. The SMILES string of the molecule is CCCOc1c(OC)cc(C)c(CC(C)N)c1OC.Cl. The van der Waals surface area contributed by atoms with Gasteiger partial charge in [-0.2, -0.15) is 0 Å². The molecule has 5 heteroatoms. The molecule has 0 aliphatic heterocycles. The van der Waals surface area contributed by atoms with E-state index in [1.807, 2.05) is 19.9 Å². The van der Waals surface area contributed by atoms with Gasteiger partial charge in [0.15, 0.2) is 11.5 Å². The van der Waals surface area contributed by atoms with E-state index in [0.717, 1.165) is 29.7 Å². The first-order valence-corrected chi connectivity index (χ1v) is 6.67. The van der Waals surface area contributed by atoms with Crippen LogP contribution in [-0.4, -0.2) is 26.9 Å². The van der Waals surface area contributed by atoms with Crippen molar-refractivity contribution in [3.05, 3.63) is 17.2 Å². The maximum absolute atomic E-state index is 5.91. The summed E-state index contributed by atoms with van der Waals surface area (Å²) in [5.74, 6) is 2.12. The monoisotopic (exact) mass is 303 g/mol. The Kier molecular flexibility index (Phi) is 8.42. The van der Waals surface area contributed by atoms with Gasteiger partial charge in [0, 0.05) is 11.6 Å². The van der Waals surface area contributed by atoms with Crippen molar-refractivity contribution in [1.82, 2.24) is 0 Å². The van der Waals surface area contributed by atoms with Crippen molar-refractivity contribution in [2.45, 2.75) is 39.7 Å². The molecule has 0 spiro atoms. The third-order valence-electron chi connectivity index (χ3n) is 2.93. The predicted molar refractivity (Wildman–Crippen MR) is 84.7 cm³/mol. The topological polar surface area (TPSA) is 53.7 Å². The van der Waals surface area contributed by atoms with Gasteiger partial charge in [0.05, 0.1) is 20.8 Å². The van der Waals surface area contributed by atoms with E-state index in [9.17, 15) is 0 Å². The highest BCUT2D eigenvalue weighted by atomic mass is 35.5. The molecule has 0 amide bonds. The molecule has 1 unspecified atom stereocenters. The molecule has 0 saturated carbocycles. The summed E-state index contributed by atoms with van der Waals surface area (Å²) in [6.07, 6.45) is 1.68. The number of methoxy groups -OCH3 is 2. The van der Waals surface area contributed by atoms with Crippen LogP contribution in [0.15, 0.2) is 6.07 Å². The minimum absolute atomic E-state index is 0. The van der Waals surface area contributed by atoms with E-state index in [1.54, 1.807) is 14.2 Å². The summed E-state index contributed by atoms with van der Waals surface area (Å²) in [7, 11) is 3.29. The molecule has 2 N–H and O–H groups in total. The van der Waals surface area contributed by atoms with Crippen molar-refractivity contribution in [1.29, 1.82) is 0 Å². The average Bonchev–Trinajstić information content (AvgIpc) is 2.38. The molecule has 0 heterocycles. The van der Waals surface area contributed by atoms with Gasteiger partial charge in [-0.15, -0.1) is 12.4 Å². The summed E-state index contributed by atoms with van der Waals surface area (Å²) < 4.78 is 16.7. The third kappa shape index (κ3) is 4.46. The van der Waals surface area contributed by atoms with Crippen LogP contribution in [0, 0.1) is 6.92 Å². The Labute approximate surface area is 128 Å². The fourth-order valence-electron chi connectivity index (χ4n) is 2.06. The van der Waals surface area contributed by atoms with Crippen LogP contribution in [0.3, 0.4) is 0 Å². The smallest absolute Gasteiger partial charge is 0.203 e. The van der Waals surface area contributed by atoms with Gasteiger partial charge in [0.25, 0.3) is 0 Å². The van der Waals surface area contributed by atoms with Crippen molar-refractivity contribution in [3.63, 3.8) is 0 Å². The first-order chi connectivity index (χ1) is 9.04. The quantitative estimate of drug-likeness (QED) is 0.841. The average molecular weight is 304 g/mol. The molecule has 1 atom stereocenters. The summed E-state index contributed by atoms with van der Waals surface area (Å²) in [5.41, 5.74) is 8.10. The van der Waals surface area contributed by atoms with Crippen molar-refractivity contribution in [2.75, 3.05) is 20.8 Å². The fraction of sp³-hybridized carbons (Fsp3) is 0.600. The Morgan fingerprint density at radius 1 is 1.20 bits per heavy atom. The van der Waals surface area contributed by atoms with E-state index in [1.165, 1.54) is 0 Å². The lowest BCUT2D eigenvalue weighted by molar-refractivity contribution is 0.273. The van der Waals surface area contributed by atoms with Crippen LogP contribution in [-0.2, 0) is 6.42 Å². The Morgan fingerprint density at radius 2 is 1.85 bits per heavy atom. The van der Waals surface area contributed by atoms with Crippen LogP contribution in [0.5, 0.6) is 17.2 Å². The normalized spacial score (nSPS) is 11.5. The van der Waals surface area contributed by atoms with Crippen LogP contribution in [0.1, 0.15) is 31.4 Å². The second-order valence-corrected chi connectivity index (χ2v) is 4.77. The van der Waals surface area contributed by atoms with Crippen LogP contribution in [0.2, 0.25) is 0 Å².